The zero-order chi connectivity index (χ0) is 9.41. The first kappa shape index (κ1) is 9.54. The molecule has 68 valence electrons. The summed E-state index contributed by atoms with van der Waals surface area (Å²) < 4.78 is 0. The second-order valence-corrected chi connectivity index (χ2v) is 4.56. The Labute approximate surface area is 74.2 Å². The van der Waals surface area contributed by atoms with Gasteiger partial charge in [0.1, 0.15) is 0 Å². The van der Waals surface area contributed by atoms with E-state index in [0.717, 1.165) is 19.3 Å². The van der Waals surface area contributed by atoms with Crippen LogP contribution in [0.3, 0.4) is 0 Å². The highest BCUT2D eigenvalue weighted by atomic mass is 16.3. The molecule has 0 bridgehead atoms. The Morgan fingerprint density at radius 3 is 2.42 bits per heavy atom. The highest BCUT2D eigenvalue weighted by Crippen LogP contribution is 2.46. The van der Waals surface area contributed by atoms with Gasteiger partial charge in [-0.15, -0.1) is 0 Å². The molecular weight excluding hydrogens is 150 g/mol. The predicted octanol–water partition coefficient (Wildman–Crippen LogP) is 2.09. The van der Waals surface area contributed by atoms with Crippen molar-refractivity contribution in [3.63, 3.8) is 0 Å². The number of rotatable bonds is 0. The lowest BCUT2D eigenvalue weighted by Crippen LogP contribution is -2.51. The van der Waals surface area contributed by atoms with Crippen LogP contribution >= 0.6 is 0 Å². The third-order valence-corrected chi connectivity index (χ3v) is 3.35. The van der Waals surface area contributed by atoms with Crippen molar-refractivity contribution in [3.8, 4) is 6.07 Å². The van der Waals surface area contributed by atoms with E-state index in [2.05, 4.69) is 6.07 Å². The van der Waals surface area contributed by atoms with E-state index in [0.29, 0.717) is 0 Å². The van der Waals surface area contributed by atoms with Crippen molar-refractivity contribution in [2.75, 3.05) is 0 Å². The van der Waals surface area contributed by atoms with Crippen molar-refractivity contribution >= 4 is 0 Å². The monoisotopic (exact) mass is 167 g/mol. The predicted molar refractivity (Wildman–Crippen MR) is 47.4 cm³/mol. The third-order valence-electron chi connectivity index (χ3n) is 3.35. The fourth-order valence-electron chi connectivity index (χ4n) is 2.18. The Morgan fingerprint density at radius 2 is 2.08 bits per heavy atom. The molecule has 0 aromatic carbocycles. The van der Waals surface area contributed by atoms with Crippen LogP contribution in [-0.2, 0) is 0 Å². The summed E-state index contributed by atoms with van der Waals surface area (Å²) in [6.45, 7) is 5.92. The molecule has 1 rings (SSSR count). The Balaban J connectivity index is 2.98. The second-order valence-electron chi connectivity index (χ2n) is 4.56. The third kappa shape index (κ3) is 1.13. The fraction of sp³-hybridized carbons (Fsp3) is 0.900. The lowest BCUT2D eigenvalue weighted by Gasteiger charge is -2.45. The summed E-state index contributed by atoms with van der Waals surface area (Å²) in [5, 5.41) is 19.1. The average Bonchev–Trinajstić information content (AvgIpc) is 2.00. The molecule has 12 heavy (non-hydrogen) atoms. The molecule has 2 heteroatoms. The van der Waals surface area contributed by atoms with Gasteiger partial charge in [-0.1, -0.05) is 27.2 Å². The first-order chi connectivity index (χ1) is 5.44. The molecule has 2 nitrogen and oxygen atoms in total. The molecule has 0 saturated heterocycles. The maximum atomic E-state index is 10.1. The molecule has 0 radical (unpaired) electrons. The molecule has 0 aromatic rings. The Kier molecular flexibility index (Phi) is 2.18. The van der Waals surface area contributed by atoms with Gasteiger partial charge in [0.05, 0.1) is 6.07 Å². The summed E-state index contributed by atoms with van der Waals surface area (Å²) in [4.78, 5) is 0. The molecule has 0 amide bonds. The van der Waals surface area contributed by atoms with Crippen LogP contribution in [0.1, 0.15) is 40.0 Å². The van der Waals surface area contributed by atoms with E-state index in [4.69, 9.17) is 5.26 Å². The van der Waals surface area contributed by atoms with Crippen molar-refractivity contribution in [1.82, 2.24) is 0 Å². The maximum Gasteiger partial charge on any atom is 0.158 e. The summed E-state index contributed by atoms with van der Waals surface area (Å²) in [5.41, 5.74) is -1.37. The maximum absolute atomic E-state index is 10.1. The van der Waals surface area contributed by atoms with Crippen LogP contribution in [0.25, 0.3) is 0 Å². The molecule has 1 aliphatic carbocycles. The molecular formula is C10H17NO. The van der Waals surface area contributed by atoms with Gasteiger partial charge in [0, 0.05) is 5.41 Å². The summed E-state index contributed by atoms with van der Waals surface area (Å²) in [6.07, 6.45) is 3.03. The second kappa shape index (κ2) is 2.74. The van der Waals surface area contributed by atoms with E-state index in [1.807, 2.05) is 20.8 Å². The normalized spacial score (nSPS) is 40.4. The van der Waals surface area contributed by atoms with E-state index in [1.165, 1.54) is 0 Å². The van der Waals surface area contributed by atoms with E-state index in [1.54, 1.807) is 0 Å². The van der Waals surface area contributed by atoms with Crippen molar-refractivity contribution in [2.24, 2.45) is 11.3 Å². The van der Waals surface area contributed by atoms with E-state index in [-0.39, 0.29) is 11.3 Å². The van der Waals surface area contributed by atoms with Crippen LogP contribution in [0.5, 0.6) is 0 Å². The van der Waals surface area contributed by atoms with Gasteiger partial charge >= 0.3 is 0 Å². The van der Waals surface area contributed by atoms with Crippen LogP contribution in [0, 0.1) is 22.7 Å². The van der Waals surface area contributed by atoms with Crippen LogP contribution in [0.4, 0.5) is 0 Å². The first-order valence-electron chi connectivity index (χ1n) is 4.58. The standard InChI is InChI=1S/C10H17NO/c1-8-5-4-6-9(2,3)10(8,12)7-11/h8,12H,4-6H2,1-3H3/t8-,10+/m1/s1. The zero-order valence-corrected chi connectivity index (χ0v) is 8.09. The molecule has 0 spiro atoms. The number of nitriles is 1. The summed E-state index contributed by atoms with van der Waals surface area (Å²) in [6, 6.07) is 2.08. The van der Waals surface area contributed by atoms with Gasteiger partial charge in [0.15, 0.2) is 5.60 Å². The minimum atomic E-state index is -1.12. The summed E-state index contributed by atoms with van der Waals surface area (Å²) >= 11 is 0. The number of nitrogens with zero attached hydrogens (tertiary/aromatic N) is 1. The van der Waals surface area contributed by atoms with Gasteiger partial charge < -0.3 is 5.11 Å². The van der Waals surface area contributed by atoms with Gasteiger partial charge in [0.2, 0.25) is 0 Å². The van der Waals surface area contributed by atoms with Crippen molar-refractivity contribution in [3.05, 3.63) is 0 Å². The fourth-order valence-corrected chi connectivity index (χ4v) is 2.18. The molecule has 0 aromatic heterocycles. The van der Waals surface area contributed by atoms with Gasteiger partial charge in [-0.3, -0.25) is 0 Å². The van der Waals surface area contributed by atoms with Gasteiger partial charge in [0.25, 0.3) is 0 Å². The molecule has 0 unspecified atom stereocenters. The lowest BCUT2D eigenvalue weighted by molar-refractivity contribution is -0.0875. The Hall–Kier alpha value is -0.550. The number of hydrogen-bond donors (Lipinski definition) is 1. The average molecular weight is 167 g/mol. The van der Waals surface area contributed by atoms with Crippen LogP contribution in [0.15, 0.2) is 0 Å². The zero-order valence-electron chi connectivity index (χ0n) is 8.09. The molecule has 1 fully saturated rings. The molecule has 1 saturated carbocycles. The van der Waals surface area contributed by atoms with Gasteiger partial charge in [-0.25, -0.2) is 0 Å². The van der Waals surface area contributed by atoms with Crippen molar-refractivity contribution < 1.29 is 5.11 Å². The number of hydrogen-bond acceptors (Lipinski definition) is 2. The topological polar surface area (TPSA) is 44.0 Å². The van der Waals surface area contributed by atoms with E-state index >= 15 is 0 Å². The van der Waals surface area contributed by atoms with Gasteiger partial charge in [-0.2, -0.15) is 5.26 Å². The molecule has 2 atom stereocenters. The minimum absolute atomic E-state index is 0.103. The smallest absolute Gasteiger partial charge is 0.158 e. The van der Waals surface area contributed by atoms with Crippen LogP contribution in [-0.4, -0.2) is 10.7 Å². The number of aliphatic hydroxyl groups is 1. The lowest BCUT2D eigenvalue weighted by atomic mass is 9.61. The Morgan fingerprint density at radius 1 is 1.50 bits per heavy atom. The minimum Gasteiger partial charge on any atom is -0.375 e. The van der Waals surface area contributed by atoms with Crippen LogP contribution in [0.2, 0.25) is 0 Å². The van der Waals surface area contributed by atoms with Crippen molar-refractivity contribution in [1.29, 1.82) is 5.26 Å². The highest BCUT2D eigenvalue weighted by molar-refractivity contribution is 5.13. The summed E-state index contributed by atoms with van der Waals surface area (Å²) in [7, 11) is 0. The molecule has 0 aliphatic heterocycles. The van der Waals surface area contributed by atoms with E-state index < -0.39 is 5.60 Å². The van der Waals surface area contributed by atoms with Crippen LogP contribution < -0.4 is 0 Å². The molecule has 0 heterocycles. The quantitative estimate of drug-likeness (QED) is 0.561. The van der Waals surface area contributed by atoms with Gasteiger partial charge in [-0.05, 0) is 18.8 Å². The SMILES string of the molecule is C[C@@H]1CCCC(C)(C)[C@]1(O)C#N. The highest BCUT2D eigenvalue weighted by Gasteiger charge is 2.50. The first-order valence-corrected chi connectivity index (χ1v) is 4.58. The largest absolute Gasteiger partial charge is 0.375 e. The van der Waals surface area contributed by atoms with Crippen molar-refractivity contribution in [2.45, 2.75) is 45.6 Å². The summed E-state index contributed by atoms with van der Waals surface area (Å²) in [5.74, 6) is 0.103. The molecule has 1 N–H and O–H groups in total. The van der Waals surface area contributed by atoms with E-state index in [9.17, 15) is 5.11 Å². The Bertz CT molecular complexity index is 216. The molecule has 1 aliphatic rings.